The summed E-state index contributed by atoms with van der Waals surface area (Å²) in [6, 6.07) is 7.17. The highest BCUT2D eigenvalue weighted by molar-refractivity contribution is 6.31. The largest absolute Gasteiger partial charge is 0.486 e. The number of nitro groups is 1. The van der Waals surface area contributed by atoms with Crippen LogP contribution in [0.5, 0.6) is 5.75 Å². The smallest absolute Gasteiger partial charge is 0.311 e. The number of hydrogen-bond acceptors (Lipinski definition) is 7. The van der Waals surface area contributed by atoms with E-state index in [9.17, 15) is 14.5 Å². The molecule has 1 saturated heterocycles. The molecule has 2 fully saturated rings. The number of piperidine rings is 1. The van der Waals surface area contributed by atoms with Gasteiger partial charge in [-0.05, 0) is 75.4 Å². The first kappa shape index (κ1) is 22.7. The van der Waals surface area contributed by atoms with Crippen molar-refractivity contribution in [3.8, 4) is 5.75 Å². The fraction of sp³-hybridized carbons (Fsp3) is 0.417. The minimum Gasteiger partial charge on any atom is -0.486 e. The van der Waals surface area contributed by atoms with Crippen molar-refractivity contribution >= 4 is 39.7 Å². The number of hydrogen-bond donors (Lipinski definition) is 1. The van der Waals surface area contributed by atoms with Crippen molar-refractivity contribution in [2.75, 3.05) is 32.1 Å². The number of anilines is 2. The van der Waals surface area contributed by atoms with Crippen molar-refractivity contribution in [2.24, 2.45) is 11.3 Å². The van der Waals surface area contributed by atoms with E-state index < -0.39 is 10.7 Å². The molecular weight excluding hydrogens is 461 g/mol. The van der Waals surface area contributed by atoms with Crippen molar-refractivity contribution in [3.05, 3.63) is 57.6 Å². The van der Waals surface area contributed by atoms with Crippen LogP contribution in [-0.4, -0.2) is 46.5 Å². The summed E-state index contributed by atoms with van der Waals surface area (Å²) in [7, 11) is 2.16. The molecule has 2 heterocycles. The predicted molar refractivity (Wildman–Crippen MR) is 128 cm³/mol. The molecule has 0 amide bonds. The molecule has 2 aromatic carbocycles. The van der Waals surface area contributed by atoms with Gasteiger partial charge in [-0.15, -0.1) is 0 Å². The second-order valence-electron chi connectivity index (χ2n) is 9.46. The molecule has 0 radical (unpaired) electrons. The van der Waals surface area contributed by atoms with Gasteiger partial charge in [0.1, 0.15) is 18.0 Å². The summed E-state index contributed by atoms with van der Waals surface area (Å²) in [5.41, 5.74) is 1.29. The number of halogens is 2. The molecule has 0 unspecified atom stereocenters. The molecule has 10 heteroatoms. The van der Waals surface area contributed by atoms with E-state index in [1.54, 1.807) is 6.07 Å². The first-order valence-electron chi connectivity index (χ1n) is 11.3. The van der Waals surface area contributed by atoms with Gasteiger partial charge in [0.2, 0.25) is 0 Å². The number of aromatic nitrogens is 2. The summed E-state index contributed by atoms with van der Waals surface area (Å²) in [6.07, 6.45) is 6.00. The number of nitrogens with one attached hydrogen (secondary N) is 1. The van der Waals surface area contributed by atoms with Crippen LogP contribution in [0.15, 0.2) is 36.7 Å². The molecule has 5 rings (SSSR count). The lowest BCUT2D eigenvalue weighted by Gasteiger charge is -2.51. The molecule has 0 atom stereocenters. The summed E-state index contributed by atoms with van der Waals surface area (Å²) in [5, 5.41) is 15.3. The molecule has 3 aromatic rings. The zero-order valence-corrected chi connectivity index (χ0v) is 19.5. The van der Waals surface area contributed by atoms with E-state index in [-0.39, 0.29) is 16.5 Å². The highest BCUT2D eigenvalue weighted by atomic mass is 35.5. The molecule has 1 aliphatic heterocycles. The summed E-state index contributed by atoms with van der Waals surface area (Å²) >= 11 is 5.86. The Morgan fingerprint density at radius 1 is 1.26 bits per heavy atom. The first-order valence-corrected chi connectivity index (χ1v) is 11.7. The van der Waals surface area contributed by atoms with Gasteiger partial charge in [-0.2, -0.15) is 0 Å². The van der Waals surface area contributed by atoms with Crippen LogP contribution in [-0.2, 0) is 0 Å². The molecule has 8 nitrogen and oxygen atoms in total. The molecule has 34 heavy (non-hydrogen) atoms. The Labute approximate surface area is 201 Å². The molecule has 178 valence electrons. The number of rotatable bonds is 6. The van der Waals surface area contributed by atoms with E-state index in [1.807, 2.05) is 0 Å². The Hall–Kier alpha value is -3.04. The average Bonchev–Trinajstić information content (AvgIpc) is 2.79. The van der Waals surface area contributed by atoms with Crippen LogP contribution in [0, 0.1) is 27.3 Å². The van der Waals surface area contributed by atoms with Crippen LogP contribution in [0.1, 0.15) is 25.7 Å². The van der Waals surface area contributed by atoms with Gasteiger partial charge in [-0.25, -0.2) is 14.4 Å². The van der Waals surface area contributed by atoms with Gasteiger partial charge in [-0.1, -0.05) is 11.6 Å². The summed E-state index contributed by atoms with van der Waals surface area (Å²) in [4.78, 5) is 22.2. The highest BCUT2D eigenvalue weighted by Gasteiger charge is 2.45. The maximum Gasteiger partial charge on any atom is 0.311 e. The zero-order valence-electron chi connectivity index (χ0n) is 18.8. The first-order chi connectivity index (χ1) is 16.3. The molecule has 2 aliphatic rings. The van der Waals surface area contributed by atoms with Crippen LogP contribution < -0.4 is 10.1 Å². The quantitative estimate of drug-likeness (QED) is 0.360. The van der Waals surface area contributed by atoms with Gasteiger partial charge in [0.15, 0.2) is 5.75 Å². The third kappa shape index (κ3) is 4.50. The topological polar surface area (TPSA) is 93.4 Å². The Bertz CT molecular complexity index is 1240. The van der Waals surface area contributed by atoms with E-state index in [0.29, 0.717) is 40.3 Å². The third-order valence-electron chi connectivity index (χ3n) is 7.06. The second kappa shape index (κ2) is 8.96. The van der Waals surface area contributed by atoms with Gasteiger partial charge < -0.3 is 15.0 Å². The Kier molecular flexibility index (Phi) is 5.99. The minimum atomic E-state index is -0.537. The second-order valence-corrected chi connectivity index (χ2v) is 9.87. The standard InChI is InChI=1S/C24H25ClFN5O3/c1-30-6-4-24(5-7-30)11-15(12-24)13-34-22-10-20-17(9-21(22)31(32)33)23(28-14-27-20)29-16-2-3-19(26)18(25)8-16/h2-3,8-10,14-15H,4-7,11-13H2,1H3,(H,27,28,29). The van der Waals surface area contributed by atoms with Crippen LogP contribution in [0.25, 0.3) is 10.9 Å². The maximum atomic E-state index is 13.5. The Morgan fingerprint density at radius 3 is 2.74 bits per heavy atom. The lowest BCUT2D eigenvalue weighted by atomic mass is 9.58. The molecule has 0 bridgehead atoms. The van der Waals surface area contributed by atoms with E-state index >= 15 is 0 Å². The Balaban J connectivity index is 1.34. The molecule has 1 aromatic heterocycles. The van der Waals surface area contributed by atoms with Crippen molar-refractivity contribution in [1.29, 1.82) is 0 Å². The number of fused-ring (bicyclic) bond motifs is 1. The summed E-state index contributed by atoms with van der Waals surface area (Å²) in [6.45, 7) is 2.71. The van der Waals surface area contributed by atoms with E-state index in [4.69, 9.17) is 16.3 Å². The van der Waals surface area contributed by atoms with Gasteiger partial charge in [0, 0.05) is 17.8 Å². The van der Waals surface area contributed by atoms with Crippen molar-refractivity contribution in [3.63, 3.8) is 0 Å². The SMILES string of the molecule is CN1CCC2(CC1)CC(COc1cc3ncnc(Nc4ccc(F)c(Cl)c4)c3cc1[N+](=O)[O-])C2. The lowest BCUT2D eigenvalue weighted by Crippen LogP contribution is -2.47. The summed E-state index contributed by atoms with van der Waals surface area (Å²) < 4.78 is 19.4. The van der Waals surface area contributed by atoms with Crippen molar-refractivity contribution < 1.29 is 14.1 Å². The van der Waals surface area contributed by atoms with Crippen molar-refractivity contribution in [2.45, 2.75) is 25.7 Å². The molecule has 1 spiro atoms. The van der Waals surface area contributed by atoms with Crippen LogP contribution in [0.4, 0.5) is 21.6 Å². The fourth-order valence-electron chi connectivity index (χ4n) is 5.13. The van der Waals surface area contributed by atoms with Gasteiger partial charge in [-0.3, -0.25) is 10.1 Å². The number of nitro benzene ring substituents is 1. The molecule has 1 saturated carbocycles. The third-order valence-corrected chi connectivity index (χ3v) is 7.35. The molecule has 1 N–H and O–H groups in total. The molecule has 1 aliphatic carbocycles. The number of nitrogens with zero attached hydrogens (tertiary/aromatic N) is 4. The lowest BCUT2D eigenvalue weighted by molar-refractivity contribution is -0.385. The van der Waals surface area contributed by atoms with E-state index in [0.717, 1.165) is 25.9 Å². The maximum absolute atomic E-state index is 13.5. The zero-order chi connectivity index (χ0) is 23.9. The molecular formula is C24H25ClFN5O3. The van der Waals surface area contributed by atoms with E-state index in [2.05, 4.69) is 27.2 Å². The normalized spacial score (nSPS) is 18.1. The van der Waals surface area contributed by atoms with Crippen LogP contribution in [0.2, 0.25) is 5.02 Å². The van der Waals surface area contributed by atoms with Crippen LogP contribution in [0.3, 0.4) is 0 Å². The number of likely N-dealkylation sites (tertiary alicyclic amines) is 1. The number of benzene rings is 2. The monoisotopic (exact) mass is 485 g/mol. The minimum absolute atomic E-state index is 0.0388. The van der Waals surface area contributed by atoms with Gasteiger partial charge in [0.25, 0.3) is 0 Å². The fourth-order valence-corrected chi connectivity index (χ4v) is 5.31. The van der Waals surface area contributed by atoms with Crippen LogP contribution >= 0.6 is 11.6 Å². The summed E-state index contributed by atoms with van der Waals surface area (Å²) in [5.74, 6) is 0.428. The van der Waals surface area contributed by atoms with E-state index in [1.165, 1.54) is 43.4 Å². The average molecular weight is 486 g/mol. The highest BCUT2D eigenvalue weighted by Crippen LogP contribution is 2.52. The van der Waals surface area contributed by atoms with Gasteiger partial charge >= 0.3 is 5.69 Å². The Morgan fingerprint density at radius 2 is 2.03 bits per heavy atom. The number of ether oxygens (including phenoxy) is 1. The van der Waals surface area contributed by atoms with Crippen molar-refractivity contribution in [1.82, 2.24) is 14.9 Å². The van der Waals surface area contributed by atoms with Gasteiger partial charge in [0.05, 0.1) is 27.5 Å². The predicted octanol–water partition coefficient (Wildman–Crippen LogP) is 5.57.